The van der Waals surface area contributed by atoms with Crippen molar-refractivity contribution in [1.82, 2.24) is 9.62 Å². The number of amides is 1. The van der Waals surface area contributed by atoms with Gasteiger partial charge in [0.15, 0.2) is 0 Å². The first-order chi connectivity index (χ1) is 9.14. The van der Waals surface area contributed by atoms with E-state index in [-0.39, 0.29) is 5.91 Å². The van der Waals surface area contributed by atoms with Gasteiger partial charge in [-0.25, -0.2) is 8.42 Å². The Hall–Kier alpha value is -1.66. The average molecular weight is 296 g/mol. The standard InChI is InChI=1S/C14H20N2O3S/c1-14(2,13(17)16(3)4)15-20(18,19)11-10-12-8-6-5-7-9-12/h5-11,15H,1-4H3. The van der Waals surface area contributed by atoms with Gasteiger partial charge in [0.25, 0.3) is 0 Å². The van der Waals surface area contributed by atoms with Crippen LogP contribution in [0.1, 0.15) is 19.4 Å². The van der Waals surface area contributed by atoms with Gasteiger partial charge in [-0.2, -0.15) is 4.72 Å². The zero-order valence-electron chi connectivity index (χ0n) is 12.1. The van der Waals surface area contributed by atoms with Crippen molar-refractivity contribution >= 4 is 22.0 Å². The Labute approximate surface area is 120 Å². The molecule has 0 saturated carbocycles. The number of rotatable bonds is 5. The molecule has 1 rings (SSSR count). The Kier molecular flexibility index (Phi) is 5.08. The first-order valence-electron chi connectivity index (χ1n) is 6.13. The van der Waals surface area contributed by atoms with E-state index in [1.807, 2.05) is 18.2 Å². The van der Waals surface area contributed by atoms with Crippen LogP contribution >= 0.6 is 0 Å². The molecule has 0 aromatic heterocycles. The number of carbonyl (C=O) groups excluding carboxylic acids is 1. The molecule has 1 aromatic carbocycles. The van der Waals surface area contributed by atoms with Gasteiger partial charge in [0.2, 0.25) is 15.9 Å². The van der Waals surface area contributed by atoms with E-state index in [1.165, 1.54) is 24.8 Å². The quantitative estimate of drug-likeness (QED) is 0.894. The van der Waals surface area contributed by atoms with E-state index in [0.717, 1.165) is 11.0 Å². The molecule has 0 aliphatic heterocycles. The SMILES string of the molecule is CN(C)C(=O)C(C)(C)NS(=O)(=O)C=Cc1ccccc1. The smallest absolute Gasteiger partial charge is 0.242 e. The number of hydrogen-bond acceptors (Lipinski definition) is 3. The van der Waals surface area contributed by atoms with Crippen molar-refractivity contribution in [3.8, 4) is 0 Å². The molecule has 0 fully saturated rings. The summed E-state index contributed by atoms with van der Waals surface area (Å²) in [4.78, 5) is 13.2. The Bertz CT molecular complexity index is 590. The van der Waals surface area contributed by atoms with Crippen LogP contribution in [-0.4, -0.2) is 38.9 Å². The fraction of sp³-hybridized carbons (Fsp3) is 0.357. The van der Waals surface area contributed by atoms with Gasteiger partial charge in [-0.05, 0) is 25.5 Å². The first-order valence-corrected chi connectivity index (χ1v) is 7.67. The summed E-state index contributed by atoms with van der Waals surface area (Å²) in [5.41, 5.74) is -0.418. The fourth-order valence-electron chi connectivity index (χ4n) is 1.72. The van der Waals surface area contributed by atoms with Gasteiger partial charge in [-0.3, -0.25) is 4.79 Å². The highest BCUT2D eigenvalue weighted by Gasteiger charge is 2.32. The summed E-state index contributed by atoms with van der Waals surface area (Å²) < 4.78 is 26.3. The lowest BCUT2D eigenvalue weighted by Crippen LogP contribution is -2.53. The number of carbonyl (C=O) groups is 1. The molecule has 1 amide bonds. The summed E-state index contributed by atoms with van der Waals surface area (Å²) in [6, 6.07) is 9.08. The van der Waals surface area contributed by atoms with E-state index in [2.05, 4.69) is 4.72 Å². The maximum Gasteiger partial charge on any atom is 0.242 e. The highest BCUT2D eigenvalue weighted by Crippen LogP contribution is 2.10. The predicted molar refractivity (Wildman–Crippen MR) is 80.3 cm³/mol. The van der Waals surface area contributed by atoms with Gasteiger partial charge in [-0.1, -0.05) is 30.3 Å². The Balaban J connectivity index is 2.86. The second-order valence-corrected chi connectivity index (χ2v) is 6.75. The minimum Gasteiger partial charge on any atom is -0.347 e. The van der Waals surface area contributed by atoms with E-state index in [1.54, 1.807) is 26.2 Å². The summed E-state index contributed by atoms with van der Waals surface area (Å²) in [6.07, 6.45) is 1.48. The molecule has 0 unspecified atom stereocenters. The molecule has 1 aromatic rings. The monoisotopic (exact) mass is 296 g/mol. The number of hydrogen-bond donors (Lipinski definition) is 1. The highest BCUT2D eigenvalue weighted by molar-refractivity contribution is 7.92. The van der Waals surface area contributed by atoms with Gasteiger partial charge >= 0.3 is 0 Å². The molecular formula is C14H20N2O3S. The van der Waals surface area contributed by atoms with Crippen LogP contribution in [0.4, 0.5) is 0 Å². The Morgan fingerprint density at radius 2 is 1.75 bits per heavy atom. The number of likely N-dealkylation sites (N-methyl/N-ethyl adjacent to an activating group) is 1. The summed E-state index contributed by atoms with van der Waals surface area (Å²) in [5, 5.41) is 1.06. The van der Waals surface area contributed by atoms with Gasteiger partial charge in [0.1, 0.15) is 5.54 Å². The van der Waals surface area contributed by atoms with Crippen molar-refractivity contribution in [2.45, 2.75) is 19.4 Å². The minimum atomic E-state index is -3.69. The molecule has 0 aliphatic carbocycles. The summed E-state index contributed by atoms with van der Waals surface area (Å²) in [5.74, 6) is -0.311. The lowest BCUT2D eigenvalue weighted by atomic mass is 10.1. The van der Waals surface area contributed by atoms with E-state index in [4.69, 9.17) is 0 Å². The molecule has 6 heteroatoms. The van der Waals surface area contributed by atoms with Gasteiger partial charge in [-0.15, -0.1) is 0 Å². The van der Waals surface area contributed by atoms with E-state index in [0.29, 0.717) is 0 Å². The van der Waals surface area contributed by atoms with Crippen molar-refractivity contribution in [3.05, 3.63) is 41.3 Å². The molecule has 20 heavy (non-hydrogen) atoms. The van der Waals surface area contributed by atoms with E-state index in [9.17, 15) is 13.2 Å². The number of sulfonamides is 1. The van der Waals surface area contributed by atoms with Crippen LogP contribution in [0.15, 0.2) is 35.7 Å². The van der Waals surface area contributed by atoms with Crippen molar-refractivity contribution in [3.63, 3.8) is 0 Å². The minimum absolute atomic E-state index is 0.311. The summed E-state index contributed by atoms with van der Waals surface area (Å²) in [7, 11) is -0.531. The topological polar surface area (TPSA) is 66.5 Å². The second-order valence-electron chi connectivity index (χ2n) is 5.19. The first kappa shape index (κ1) is 16.4. The molecule has 0 aliphatic rings. The Morgan fingerprint density at radius 1 is 1.20 bits per heavy atom. The van der Waals surface area contributed by atoms with Crippen molar-refractivity contribution in [1.29, 1.82) is 0 Å². The lowest BCUT2D eigenvalue weighted by molar-refractivity contribution is -0.133. The lowest BCUT2D eigenvalue weighted by Gasteiger charge is -2.27. The normalized spacial score (nSPS) is 12.6. The predicted octanol–water partition coefficient (Wildman–Crippen LogP) is 1.44. The third kappa shape index (κ3) is 4.79. The largest absolute Gasteiger partial charge is 0.347 e. The number of nitrogens with zero attached hydrogens (tertiary/aromatic N) is 1. The maximum atomic E-state index is 12.0. The maximum absolute atomic E-state index is 12.0. The van der Waals surface area contributed by atoms with E-state index < -0.39 is 15.6 Å². The van der Waals surface area contributed by atoms with Gasteiger partial charge in [0.05, 0.1) is 0 Å². The zero-order valence-corrected chi connectivity index (χ0v) is 12.9. The third-order valence-corrected chi connectivity index (χ3v) is 3.87. The molecule has 0 saturated heterocycles. The second kappa shape index (κ2) is 6.19. The third-order valence-electron chi connectivity index (χ3n) is 2.58. The highest BCUT2D eigenvalue weighted by atomic mass is 32.2. The molecule has 0 bridgehead atoms. The van der Waals surface area contributed by atoms with Crippen molar-refractivity contribution < 1.29 is 13.2 Å². The van der Waals surface area contributed by atoms with Gasteiger partial charge in [0, 0.05) is 19.5 Å². The molecule has 0 atom stereocenters. The fourth-order valence-corrected chi connectivity index (χ4v) is 2.93. The Morgan fingerprint density at radius 3 is 2.25 bits per heavy atom. The van der Waals surface area contributed by atoms with Crippen LogP contribution in [0.2, 0.25) is 0 Å². The molecular weight excluding hydrogens is 276 g/mol. The molecule has 110 valence electrons. The molecule has 1 N–H and O–H groups in total. The molecule has 0 heterocycles. The molecule has 0 spiro atoms. The zero-order chi connectivity index (χ0) is 15.4. The van der Waals surface area contributed by atoms with Crippen molar-refractivity contribution in [2.24, 2.45) is 0 Å². The summed E-state index contributed by atoms with van der Waals surface area (Å²) >= 11 is 0. The summed E-state index contributed by atoms with van der Waals surface area (Å²) in [6.45, 7) is 3.06. The van der Waals surface area contributed by atoms with Crippen molar-refractivity contribution in [2.75, 3.05) is 14.1 Å². The van der Waals surface area contributed by atoms with Crippen LogP contribution in [0.5, 0.6) is 0 Å². The number of benzene rings is 1. The molecule has 0 radical (unpaired) electrons. The van der Waals surface area contributed by atoms with Crippen LogP contribution in [0, 0.1) is 0 Å². The van der Waals surface area contributed by atoms with Crippen LogP contribution in [-0.2, 0) is 14.8 Å². The molecule has 5 nitrogen and oxygen atoms in total. The van der Waals surface area contributed by atoms with Crippen LogP contribution < -0.4 is 4.72 Å². The van der Waals surface area contributed by atoms with E-state index >= 15 is 0 Å². The average Bonchev–Trinajstić information content (AvgIpc) is 2.35. The van der Waals surface area contributed by atoms with Gasteiger partial charge < -0.3 is 4.90 Å². The number of nitrogens with one attached hydrogen (secondary N) is 1. The van der Waals surface area contributed by atoms with Crippen LogP contribution in [0.25, 0.3) is 6.08 Å². The van der Waals surface area contributed by atoms with Crippen LogP contribution in [0.3, 0.4) is 0 Å².